The number of carbonyl (C=O) groups is 2. The number of amides is 2. The van der Waals surface area contributed by atoms with Crippen LogP contribution in [0.4, 0.5) is 0 Å². The van der Waals surface area contributed by atoms with Crippen LogP contribution in [0.5, 0.6) is 0 Å². The number of nitrogens with one attached hydrogen (secondary N) is 1. The highest BCUT2D eigenvalue weighted by Gasteiger charge is 2.67. The number of rotatable bonds is 6. The number of fused-ring (bicyclic) bond motifs is 1. The maximum absolute atomic E-state index is 13.4. The Kier molecular flexibility index (Phi) is 4.73. The minimum Gasteiger partial charge on any atom is -0.360 e. The molecule has 2 bridgehead atoms. The fourth-order valence-corrected chi connectivity index (χ4v) is 5.19. The van der Waals surface area contributed by atoms with Crippen molar-refractivity contribution in [2.75, 3.05) is 20.1 Å². The number of likely N-dealkylation sites (tertiary alicyclic amines) is 1. The smallest absolute Gasteiger partial charge is 0.230 e. The summed E-state index contributed by atoms with van der Waals surface area (Å²) in [6.45, 7) is 5.78. The second kappa shape index (κ2) is 7.34. The highest BCUT2D eigenvalue weighted by Crippen LogP contribution is 2.52. The lowest BCUT2D eigenvalue weighted by atomic mass is 9.76. The van der Waals surface area contributed by atoms with Gasteiger partial charge in [-0.2, -0.15) is 5.10 Å². The first kappa shape index (κ1) is 20.0. The van der Waals surface area contributed by atoms with Crippen LogP contribution in [0.2, 0.25) is 0 Å². The molecule has 162 valence electrons. The van der Waals surface area contributed by atoms with Crippen molar-refractivity contribution in [3.8, 4) is 0 Å². The lowest BCUT2D eigenvalue weighted by molar-refractivity contribution is -0.142. The SMILES string of the molecule is Cc1ccc(CN2C[C@]34C=C[C@H](O3)[C@@H](C(=O)N(C)CCc3cn[nH]c3)[C@@H]4C2=O)cc1C. The van der Waals surface area contributed by atoms with E-state index in [2.05, 4.69) is 42.2 Å². The number of H-pyrrole nitrogens is 1. The second-order valence-corrected chi connectivity index (χ2v) is 9.13. The average molecular weight is 421 g/mol. The highest BCUT2D eigenvalue weighted by atomic mass is 16.5. The molecule has 1 aromatic carbocycles. The number of ether oxygens (including phenoxy) is 1. The Morgan fingerprint density at radius 3 is 2.90 bits per heavy atom. The standard InChI is InChI=1S/C24H28N4O3/c1-15-4-5-17(10-16(15)2)13-28-14-24-8-6-19(31-24)20(21(24)23(28)30)22(29)27(3)9-7-18-11-25-26-12-18/h4-6,8,10-12,19-21H,7,9,13-14H2,1-3H3,(H,25,26)/t19-,20+,21+,24-/m0/s1. The molecule has 0 radical (unpaired) electrons. The molecule has 0 aliphatic carbocycles. The van der Waals surface area contributed by atoms with Crippen LogP contribution in [0.1, 0.15) is 22.3 Å². The van der Waals surface area contributed by atoms with Crippen molar-refractivity contribution in [1.29, 1.82) is 0 Å². The third kappa shape index (κ3) is 3.28. The Morgan fingerprint density at radius 1 is 1.32 bits per heavy atom. The Hall–Kier alpha value is -2.93. The van der Waals surface area contributed by atoms with Crippen LogP contribution in [-0.4, -0.2) is 63.7 Å². The number of aromatic amines is 1. The summed E-state index contributed by atoms with van der Waals surface area (Å²) in [6, 6.07) is 6.30. The lowest BCUT2D eigenvalue weighted by Crippen LogP contribution is -2.45. The van der Waals surface area contributed by atoms with Gasteiger partial charge >= 0.3 is 0 Å². The fraction of sp³-hybridized carbons (Fsp3) is 0.458. The molecule has 1 aromatic heterocycles. The van der Waals surface area contributed by atoms with Crippen molar-refractivity contribution in [2.45, 2.75) is 38.5 Å². The number of nitrogens with zero attached hydrogens (tertiary/aromatic N) is 3. The quantitative estimate of drug-likeness (QED) is 0.725. The Labute approximate surface area is 182 Å². The summed E-state index contributed by atoms with van der Waals surface area (Å²) in [5, 5.41) is 6.74. The highest BCUT2D eigenvalue weighted by molar-refractivity contribution is 5.93. The van der Waals surface area contributed by atoms with Crippen molar-refractivity contribution in [3.63, 3.8) is 0 Å². The van der Waals surface area contributed by atoms with Gasteiger partial charge in [0, 0.05) is 26.3 Å². The molecule has 2 saturated heterocycles. The maximum Gasteiger partial charge on any atom is 0.230 e. The van der Waals surface area contributed by atoms with E-state index in [1.54, 1.807) is 18.1 Å². The van der Waals surface area contributed by atoms with E-state index < -0.39 is 17.4 Å². The molecule has 5 rings (SSSR count). The molecule has 7 heteroatoms. The molecule has 3 aliphatic rings. The van der Waals surface area contributed by atoms with Gasteiger partial charge < -0.3 is 14.5 Å². The molecule has 1 spiro atoms. The Bertz CT molecular complexity index is 1050. The van der Waals surface area contributed by atoms with Crippen molar-refractivity contribution in [3.05, 3.63) is 65.0 Å². The molecule has 7 nitrogen and oxygen atoms in total. The van der Waals surface area contributed by atoms with Crippen LogP contribution in [-0.2, 0) is 27.3 Å². The average Bonchev–Trinajstić information content (AvgIpc) is 3.51. The van der Waals surface area contributed by atoms with E-state index in [-0.39, 0.29) is 17.9 Å². The van der Waals surface area contributed by atoms with Crippen LogP contribution in [0.3, 0.4) is 0 Å². The molecule has 0 saturated carbocycles. The van der Waals surface area contributed by atoms with Gasteiger partial charge in [0.1, 0.15) is 5.60 Å². The summed E-state index contributed by atoms with van der Waals surface area (Å²) in [5.41, 5.74) is 3.93. The van der Waals surface area contributed by atoms with E-state index in [1.807, 2.05) is 23.2 Å². The van der Waals surface area contributed by atoms with E-state index in [0.29, 0.717) is 19.6 Å². The summed E-state index contributed by atoms with van der Waals surface area (Å²) in [7, 11) is 1.80. The molecule has 31 heavy (non-hydrogen) atoms. The Morgan fingerprint density at radius 2 is 2.16 bits per heavy atom. The van der Waals surface area contributed by atoms with Gasteiger partial charge in [-0.3, -0.25) is 14.7 Å². The molecule has 4 atom stereocenters. The molecule has 4 heterocycles. The van der Waals surface area contributed by atoms with E-state index >= 15 is 0 Å². The first-order valence-electron chi connectivity index (χ1n) is 10.8. The topological polar surface area (TPSA) is 78.5 Å². The third-order valence-corrected chi connectivity index (χ3v) is 7.08. The van der Waals surface area contributed by atoms with Gasteiger partial charge in [-0.05, 0) is 42.5 Å². The summed E-state index contributed by atoms with van der Waals surface area (Å²) in [4.78, 5) is 30.4. The summed E-state index contributed by atoms with van der Waals surface area (Å²) in [5.74, 6) is -0.910. The van der Waals surface area contributed by atoms with Crippen LogP contribution in [0.15, 0.2) is 42.7 Å². The van der Waals surface area contributed by atoms with Crippen molar-refractivity contribution in [1.82, 2.24) is 20.0 Å². The van der Waals surface area contributed by atoms with Gasteiger partial charge in [-0.1, -0.05) is 30.4 Å². The van der Waals surface area contributed by atoms with Gasteiger partial charge in [-0.15, -0.1) is 0 Å². The van der Waals surface area contributed by atoms with Crippen molar-refractivity contribution in [2.24, 2.45) is 11.8 Å². The van der Waals surface area contributed by atoms with Gasteiger partial charge in [0.2, 0.25) is 11.8 Å². The van der Waals surface area contributed by atoms with E-state index in [9.17, 15) is 9.59 Å². The second-order valence-electron chi connectivity index (χ2n) is 9.13. The normalized spacial score (nSPS) is 28.4. The summed E-state index contributed by atoms with van der Waals surface area (Å²) < 4.78 is 6.26. The third-order valence-electron chi connectivity index (χ3n) is 7.08. The molecule has 3 aliphatic heterocycles. The predicted octanol–water partition coefficient (Wildman–Crippen LogP) is 2.01. The summed E-state index contributed by atoms with van der Waals surface area (Å²) >= 11 is 0. The number of benzene rings is 1. The van der Waals surface area contributed by atoms with Crippen LogP contribution >= 0.6 is 0 Å². The first-order valence-corrected chi connectivity index (χ1v) is 10.8. The zero-order chi connectivity index (χ0) is 21.8. The minimum absolute atomic E-state index is 0.0201. The lowest BCUT2D eigenvalue weighted by Gasteiger charge is -2.27. The van der Waals surface area contributed by atoms with Crippen LogP contribution < -0.4 is 0 Å². The monoisotopic (exact) mass is 420 g/mol. The van der Waals surface area contributed by atoms with E-state index in [4.69, 9.17) is 4.74 Å². The number of likely N-dealkylation sites (N-methyl/N-ethyl adjacent to an activating group) is 1. The van der Waals surface area contributed by atoms with Gasteiger partial charge in [0.05, 0.1) is 30.7 Å². The van der Waals surface area contributed by atoms with Crippen LogP contribution in [0.25, 0.3) is 0 Å². The fourth-order valence-electron chi connectivity index (χ4n) is 5.19. The summed E-state index contributed by atoms with van der Waals surface area (Å²) in [6.07, 6.45) is 7.98. The van der Waals surface area contributed by atoms with Crippen LogP contribution in [0, 0.1) is 25.7 Å². The van der Waals surface area contributed by atoms with E-state index in [1.165, 1.54) is 11.1 Å². The van der Waals surface area contributed by atoms with Gasteiger partial charge in [0.15, 0.2) is 0 Å². The Balaban J connectivity index is 1.32. The zero-order valence-electron chi connectivity index (χ0n) is 18.2. The van der Waals surface area contributed by atoms with E-state index in [0.717, 1.165) is 17.5 Å². The van der Waals surface area contributed by atoms with Gasteiger partial charge in [-0.25, -0.2) is 0 Å². The molecule has 2 aromatic rings. The van der Waals surface area contributed by atoms with Crippen molar-refractivity contribution < 1.29 is 14.3 Å². The maximum atomic E-state index is 13.4. The molecular weight excluding hydrogens is 392 g/mol. The molecular formula is C24H28N4O3. The van der Waals surface area contributed by atoms with Gasteiger partial charge in [0.25, 0.3) is 0 Å². The number of hydrogen-bond acceptors (Lipinski definition) is 4. The predicted molar refractivity (Wildman–Crippen MR) is 115 cm³/mol. The zero-order valence-corrected chi connectivity index (χ0v) is 18.2. The number of aryl methyl sites for hydroxylation is 2. The largest absolute Gasteiger partial charge is 0.360 e. The molecule has 1 N–H and O–H groups in total. The number of carbonyl (C=O) groups excluding carboxylic acids is 2. The number of aromatic nitrogens is 2. The molecule has 0 unspecified atom stereocenters. The number of hydrogen-bond donors (Lipinski definition) is 1. The molecule has 2 fully saturated rings. The molecule has 2 amide bonds. The first-order chi connectivity index (χ1) is 14.9. The minimum atomic E-state index is -0.673. The van der Waals surface area contributed by atoms with Crippen molar-refractivity contribution >= 4 is 11.8 Å².